The molecule has 0 aromatic carbocycles. The van der Waals surface area contributed by atoms with Gasteiger partial charge < -0.3 is 18.9 Å². The van der Waals surface area contributed by atoms with E-state index >= 15 is 0 Å². The van der Waals surface area contributed by atoms with Crippen molar-refractivity contribution in [2.24, 2.45) is 0 Å². The fourth-order valence-corrected chi connectivity index (χ4v) is 1.57. The second kappa shape index (κ2) is 5.29. The summed E-state index contributed by atoms with van der Waals surface area (Å²) in [4.78, 5) is 10.8. The molecule has 14 heavy (non-hydrogen) atoms. The van der Waals surface area contributed by atoms with Crippen molar-refractivity contribution in [2.45, 2.75) is 25.2 Å². The monoisotopic (exact) mass is 204 g/mol. The number of carbonyl (C=O) groups is 1. The Balaban J connectivity index is 2.49. The number of rotatable bonds is 4. The predicted molar refractivity (Wildman–Crippen MR) is 48.0 cm³/mol. The van der Waals surface area contributed by atoms with Gasteiger partial charge in [-0.3, -0.25) is 4.79 Å². The highest BCUT2D eigenvalue weighted by molar-refractivity contribution is 5.66. The number of ether oxygens (including phenoxy) is 4. The first-order valence-corrected chi connectivity index (χ1v) is 4.49. The van der Waals surface area contributed by atoms with Gasteiger partial charge in [0, 0.05) is 21.1 Å². The molecule has 0 saturated carbocycles. The van der Waals surface area contributed by atoms with Gasteiger partial charge in [-0.1, -0.05) is 0 Å². The van der Waals surface area contributed by atoms with E-state index in [0.717, 1.165) is 0 Å². The molecule has 3 unspecified atom stereocenters. The molecule has 1 rings (SSSR count). The first-order valence-electron chi connectivity index (χ1n) is 4.49. The highest BCUT2D eigenvalue weighted by Crippen LogP contribution is 2.20. The number of hydrogen-bond donors (Lipinski definition) is 0. The molecule has 3 atom stereocenters. The van der Waals surface area contributed by atoms with Gasteiger partial charge in [0.05, 0.1) is 13.2 Å². The lowest BCUT2D eigenvalue weighted by atomic mass is 10.1. The molecule has 1 saturated heterocycles. The highest BCUT2D eigenvalue weighted by atomic mass is 16.6. The molecule has 0 aromatic rings. The van der Waals surface area contributed by atoms with Crippen LogP contribution in [0, 0.1) is 0 Å². The summed E-state index contributed by atoms with van der Waals surface area (Å²) in [6.45, 7) is 2.18. The average Bonchev–Trinajstić information content (AvgIpc) is 2.47. The molecule has 82 valence electrons. The van der Waals surface area contributed by atoms with E-state index in [4.69, 9.17) is 18.9 Å². The third kappa shape index (κ3) is 2.67. The Labute approximate surface area is 83.3 Å². The molecule has 1 aliphatic heterocycles. The van der Waals surface area contributed by atoms with E-state index < -0.39 is 0 Å². The van der Waals surface area contributed by atoms with E-state index in [0.29, 0.717) is 13.2 Å². The molecule has 1 aliphatic rings. The molecule has 5 nitrogen and oxygen atoms in total. The van der Waals surface area contributed by atoms with Crippen molar-refractivity contribution in [1.82, 2.24) is 0 Å². The molecule has 1 fully saturated rings. The summed E-state index contributed by atoms with van der Waals surface area (Å²) >= 11 is 0. The zero-order valence-corrected chi connectivity index (χ0v) is 8.69. The fraction of sp³-hybridized carbons (Fsp3) is 0.889. The van der Waals surface area contributed by atoms with Gasteiger partial charge in [-0.05, 0) is 0 Å². The number of esters is 1. The van der Waals surface area contributed by atoms with Crippen LogP contribution < -0.4 is 0 Å². The van der Waals surface area contributed by atoms with Gasteiger partial charge in [-0.2, -0.15) is 0 Å². The number of carbonyl (C=O) groups excluding carboxylic acids is 1. The second-order valence-corrected chi connectivity index (χ2v) is 3.18. The zero-order valence-electron chi connectivity index (χ0n) is 8.69. The van der Waals surface area contributed by atoms with Gasteiger partial charge in [-0.25, -0.2) is 0 Å². The molecule has 1 heterocycles. The van der Waals surface area contributed by atoms with Crippen molar-refractivity contribution in [1.29, 1.82) is 0 Å². The third-order valence-corrected chi connectivity index (χ3v) is 2.13. The number of hydrogen-bond acceptors (Lipinski definition) is 5. The third-order valence-electron chi connectivity index (χ3n) is 2.13. The topological polar surface area (TPSA) is 54.0 Å². The minimum absolute atomic E-state index is 0.158. The maximum absolute atomic E-state index is 10.8. The second-order valence-electron chi connectivity index (χ2n) is 3.18. The van der Waals surface area contributed by atoms with Gasteiger partial charge in [0.2, 0.25) is 0 Å². The molecule has 0 bridgehead atoms. The smallest absolute Gasteiger partial charge is 0.303 e. The Bertz CT molecular complexity index is 194. The van der Waals surface area contributed by atoms with Gasteiger partial charge in [-0.15, -0.1) is 0 Å². The van der Waals surface area contributed by atoms with Crippen LogP contribution in [0.5, 0.6) is 0 Å². The fourth-order valence-electron chi connectivity index (χ4n) is 1.57. The van der Waals surface area contributed by atoms with E-state index in [1.807, 2.05) is 0 Å². The molecular weight excluding hydrogens is 188 g/mol. The Kier molecular flexibility index (Phi) is 4.31. The van der Waals surface area contributed by atoms with Crippen molar-refractivity contribution in [3.05, 3.63) is 0 Å². The quantitative estimate of drug-likeness (QED) is 0.602. The van der Waals surface area contributed by atoms with E-state index in [2.05, 4.69) is 0 Å². The van der Waals surface area contributed by atoms with Gasteiger partial charge in [0.1, 0.15) is 12.2 Å². The van der Waals surface area contributed by atoms with Crippen LogP contribution in [0.1, 0.15) is 6.92 Å². The van der Waals surface area contributed by atoms with Crippen molar-refractivity contribution < 1.29 is 23.7 Å². The van der Waals surface area contributed by atoms with E-state index in [1.54, 1.807) is 14.2 Å². The zero-order chi connectivity index (χ0) is 10.6. The molecule has 0 aromatic heterocycles. The Morgan fingerprint density at radius 2 is 2.21 bits per heavy atom. The van der Waals surface area contributed by atoms with Gasteiger partial charge >= 0.3 is 5.97 Å². The van der Waals surface area contributed by atoms with Crippen LogP contribution in [0.15, 0.2) is 0 Å². The summed E-state index contributed by atoms with van der Waals surface area (Å²) in [6.07, 6.45) is -0.717. The Morgan fingerprint density at radius 1 is 1.50 bits per heavy atom. The average molecular weight is 204 g/mol. The SMILES string of the molecule is COCC1OCC(OC(C)=O)C1OC. The molecule has 0 radical (unpaired) electrons. The molecule has 0 N–H and O–H groups in total. The Hall–Kier alpha value is -0.650. The van der Waals surface area contributed by atoms with Crippen molar-refractivity contribution >= 4 is 5.97 Å². The summed E-state index contributed by atoms with van der Waals surface area (Å²) in [7, 11) is 3.16. The van der Waals surface area contributed by atoms with Crippen molar-refractivity contribution in [2.75, 3.05) is 27.4 Å². The summed E-state index contributed by atoms with van der Waals surface area (Å²) in [6, 6.07) is 0. The highest BCUT2D eigenvalue weighted by Gasteiger charge is 2.39. The lowest BCUT2D eigenvalue weighted by Gasteiger charge is -2.20. The maximum atomic E-state index is 10.8. The van der Waals surface area contributed by atoms with Crippen molar-refractivity contribution in [3.8, 4) is 0 Å². The van der Waals surface area contributed by atoms with Crippen LogP contribution in [0.4, 0.5) is 0 Å². The van der Waals surface area contributed by atoms with E-state index in [-0.39, 0.29) is 24.3 Å². The lowest BCUT2D eigenvalue weighted by molar-refractivity contribution is -0.151. The molecule has 0 amide bonds. The first-order chi connectivity index (χ1) is 6.69. The van der Waals surface area contributed by atoms with Gasteiger partial charge in [0.15, 0.2) is 6.10 Å². The van der Waals surface area contributed by atoms with Crippen LogP contribution in [-0.4, -0.2) is 51.7 Å². The largest absolute Gasteiger partial charge is 0.457 e. The number of methoxy groups -OCH3 is 2. The van der Waals surface area contributed by atoms with Crippen molar-refractivity contribution in [3.63, 3.8) is 0 Å². The minimum Gasteiger partial charge on any atom is -0.457 e. The van der Waals surface area contributed by atoms with Crippen LogP contribution in [-0.2, 0) is 23.7 Å². The predicted octanol–water partition coefficient (Wildman–Crippen LogP) is -0.0217. The van der Waals surface area contributed by atoms with Crippen LogP contribution >= 0.6 is 0 Å². The normalized spacial score (nSPS) is 31.8. The van der Waals surface area contributed by atoms with Crippen LogP contribution in [0.2, 0.25) is 0 Å². The molecule has 5 heteroatoms. The summed E-state index contributed by atoms with van der Waals surface area (Å²) in [5.74, 6) is -0.321. The molecular formula is C9H16O5. The standard InChI is InChI=1S/C9H16O5/c1-6(10)14-8-5-13-7(4-11-2)9(8)12-3/h7-9H,4-5H2,1-3H3. The molecule has 0 aliphatic carbocycles. The Morgan fingerprint density at radius 3 is 2.71 bits per heavy atom. The van der Waals surface area contributed by atoms with Gasteiger partial charge in [0.25, 0.3) is 0 Å². The first kappa shape index (κ1) is 11.4. The lowest BCUT2D eigenvalue weighted by Crippen LogP contribution is -2.37. The minimum atomic E-state index is -0.322. The van der Waals surface area contributed by atoms with E-state index in [1.165, 1.54) is 6.92 Å². The van der Waals surface area contributed by atoms with Crippen LogP contribution in [0.3, 0.4) is 0 Å². The molecule has 0 spiro atoms. The summed E-state index contributed by atoms with van der Waals surface area (Å²) in [5.41, 5.74) is 0. The van der Waals surface area contributed by atoms with E-state index in [9.17, 15) is 4.79 Å². The maximum Gasteiger partial charge on any atom is 0.303 e. The summed E-state index contributed by atoms with van der Waals surface area (Å²) in [5, 5.41) is 0. The summed E-state index contributed by atoms with van der Waals surface area (Å²) < 4.78 is 20.6. The van der Waals surface area contributed by atoms with Crippen LogP contribution in [0.25, 0.3) is 0 Å².